The van der Waals surface area contributed by atoms with Crippen molar-refractivity contribution < 1.29 is 14.3 Å². The first kappa shape index (κ1) is 12.6. The van der Waals surface area contributed by atoms with Crippen LogP contribution >= 0.6 is 11.8 Å². The van der Waals surface area contributed by atoms with Gasteiger partial charge in [-0.2, -0.15) is 11.8 Å². The predicted molar refractivity (Wildman–Crippen MR) is 61.3 cm³/mol. The molecule has 1 unspecified atom stereocenters. The van der Waals surface area contributed by atoms with Gasteiger partial charge < -0.3 is 14.8 Å². The van der Waals surface area contributed by atoms with E-state index in [4.69, 9.17) is 9.47 Å². The minimum absolute atomic E-state index is 0.353. The Bertz CT molecular complexity index is 209. The van der Waals surface area contributed by atoms with Gasteiger partial charge in [0.1, 0.15) is 5.60 Å². The zero-order chi connectivity index (χ0) is 11.3. The van der Waals surface area contributed by atoms with E-state index in [0.717, 1.165) is 12.4 Å². The molecule has 1 atom stereocenters. The molecular formula is C10H19NO3S. The van der Waals surface area contributed by atoms with Crippen LogP contribution in [-0.4, -0.2) is 42.5 Å². The van der Waals surface area contributed by atoms with E-state index in [1.807, 2.05) is 32.5 Å². The van der Waals surface area contributed by atoms with E-state index in [2.05, 4.69) is 5.32 Å². The van der Waals surface area contributed by atoms with Crippen LogP contribution in [0.25, 0.3) is 0 Å². The van der Waals surface area contributed by atoms with E-state index in [0.29, 0.717) is 18.4 Å². The van der Waals surface area contributed by atoms with Crippen molar-refractivity contribution in [1.82, 2.24) is 5.32 Å². The third kappa shape index (κ3) is 5.89. The van der Waals surface area contributed by atoms with Crippen molar-refractivity contribution in [3.05, 3.63) is 0 Å². The molecule has 1 aliphatic rings. The number of hydrogen-bond acceptors (Lipinski definition) is 4. The van der Waals surface area contributed by atoms with Crippen molar-refractivity contribution in [3.63, 3.8) is 0 Å². The normalized spacial score (nSPS) is 22.2. The van der Waals surface area contributed by atoms with Crippen LogP contribution in [0.4, 0.5) is 4.79 Å². The van der Waals surface area contributed by atoms with E-state index >= 15 is 0 Å². The van der Waals surface area contributed by atoms with Gasteiger partial charge in [-0.1, -0.05) is 0 Å². The van der Waals surface area contributed by atoms with Gasteiger partial charge in [-0.25, -0.2) is 4.79 Å². The largest absolute Gasteiger partial charge is 0.444 e. The van der Waals surface area contributed by atoms with Crippen LogP contribution in [0.1, 0.15) is 20.8 Å². The second kappa shape index (κ2) is 5.61. The number of carbonyl (C=O) groups excluding carboxylic acids is 1. The zero-order valence-electron chi connectivity index (χ0n) is 9.54. The summed E-state index contributed by atoms with van der Waals surface area (Å²) in [6, 6.07) is 0. The van der Waals surface area contributed by atoms with E-state index in [1.54, 1.807) is 0 Å². The van der Waals surface area contributed by atoms with Crippen LogP contribution in [-0.2, 0) is 9.47 Å². The number of rotatable bonds is 2. The van der Waals surface area contributed by atoms with Gasteiger partial charge in [0.15, 0.2) is 0 Å². The SMILES string of the molecule is CC(C)(C)OC(=O)NCC1COCCS1. The molecule has 0 aromatic heterocycles. The molecule has 0 saturated carbocycles. The van der Waals surface area contributed by atoms with Crippen LogP contribution in [0.2, 0.25) is 0 Å². The smallest absolute Gasteiger partial charge is 0.407 e. The van der Waals surface area contributed by atoms with Gasteiger partial charge in [-0.05, 0) is 20.8 Å². The highest BCUT2D eigenvalue weighted by Crippen LogP contribution is 2.15. The summed E-state index contributed by atoms with van der Waals surface area (Å²) in [5.74, 6) is 1.00. The van der Waals surface area contributed by atoms with Crippen molar-refractivity contribution in [2.24, 2.45) is 0 Å². The number of alkyl carbamates (subject to hydrolysis) is 1. The summed E-state index contributed by atoms with van der Waals surface area (Å²) in [7, 11) is 0. The number of carbonyl (C=O) groups is 1. The number of nitrogens with one attached hydrogen (secondary N) is 1. The molecule has 0 aromatic carbocycles. The Balaban J connectivity index is 2.15. The molecule has 1 fully saturated rings. The molecule has 4 nitrogen and oxygen atoms in total. The second-order valence-electron chi connectivity index (χ2n) is 4.45. The Morgan fingerprint density at radius 1 is 1.60 bits per heavy atom. The fourth-order valence-electron chi connectivity index (χ4n) is 1.17. The molecule has 1 saturated heterocycles. The lowest BCUT2D eigenvalue weighted by Crippen LogP contribution is -2.38. The van der Waals surface area contributed by atoms with E-state index in [9.17, 15) is 4.79 Å². The molecule has 0 radical (unpaired) electrons. The van der Waals surface area contributed by atoms with Gasteiger partial charge in [-0.15, -0.1) is 0 Å². The molecule has 0 aliphatic carbocycles. The van der Waals surface area contributed by atoms with Gasteiger partial charge in [0.05, 0.1) is 13.2 Å². The quantitative estimate of drug-likeness (QED) is 0.787. The summed E-state index contributed by atoms with van der Waals surface area (Å²) in [5, 5.41) is 3.10. The third-order valence-electron chi connectivity index (χ3n) is 1.76. The monoisotopic (exact) mass is 233 g/mol. The van der Waals surface area contributed by atoms with Crippen molar-refractivity contribution in [2.75, 3.05) is 25.5 Å². The lowest BCUT2D eigenvalue weighted by atomic mass is 10.2. The Hall–Kier alpha value is -0.420. The first-order valence-corrected chi connectivity index (χ1v) is 6.18. The topological polar surface area (TPSA) is 47.6 Å². The number of thioether (sulfide) groups is 1. The molecule has 1 rings (SSSR count). The van der Waals surface area contributed by atoms with E-state index in [1.165, 1.54) is 0 Å². The summed E-state index contributed by atoms with van der Waals surface area (Å²) < 4.78 is 10.4. The molecule has 1 heterocycles. The van der Waals surface area contributed by atoms with Crippen molar-refractivity contribution in [3.8, 4) is 0 Å². The lowest BCUT2D eigenvalue weighted by Gasteiger charge is -2.23. The van der Waals surface area contributed by atoms with Gasteiger partial charge in [0.25, 0.3) is 0 Å². The minimum atomic E-state index is -0.430. The summed E-state index contributed by atoms with van der Waals surface area (Å²) in [5.41, 5.74) is -0.430. The third-order valence-corrected chi connectivity index (χ3v) is 2.93. The molecule has 0 bridgehead atoms. The van der Waals surface area contributed by atoms with Crippen LogP contribution in [0.5, 0.6) is 0 Å². The Kier molecular flexibility index (Phi) is 4.73. The highest BCUT2D eigenvalue weighted by atomic mass is 32.2. The van der Waals surface area contributed by atoms with Gasteiger partial charge >= 0.3 is 6.09 Å². The first-order chi connectivity index (χ1) is 6.97. The average Bonchev–Trinajstić information content (AvgIpc) is 2.14. The molecule has 88 valence electrons. The second-order valence-corrected chi connectivity index (χ2v) is 5.86. The van der Waals surface area contributed by atoms with Crippen LogP contribution in [0.3, 0.4) is 0 Å². The number of amides is 1. The van der Waals surface area contributed by atoms with Gasteiger partial charge in [-0.3, -0.25) is 0 Å². The lowest BCUT2D eigenvalue weighted by molar-refractivity contribution is 0.0521. The minimum Gasteiger partial charge on any atom is -0.444 e. The maximum atomic E-state index is 11.3. The maximum absolute atomic E-state index is 11.3. The van der Waals surface area contributed by atoms with Crippen LogP contribution < -0.4 is 5.32 Å². The highest BCUT2D eigenvalue weighted by Gasteiger charge is 2.19. The fraction of sp³-hybridized carbons (Fsp3) is 0.900. The summed E-state index contributed by atoms with van der Waals surface area (Å²) in [4.78, 5) is 11.3. The van der Waals surface area contributed by atoms with Gasteiger partial charge in [0.2, 0.25) is 0 Å². The molecule has 1 amide bonds. The average molecular weight is 233 g/mol. The van der Waals surface area contributed by atoms with Crippen LogP contribution in [0.15, 0.2) is 0 Å². The van der Waals surface area contributed by atoms with E-state index in [-0.39, 0.29) is 6.09 Å². The van der Waals surface area contributed by atoms with Crippen LogP contribution in [0, 0.1) is 0 Å². The molecule has 1 aliphatic heterocycles. The first-order valence-electron chi connectivity index (χ1n) is 5.13. The highest BCUT2D eigenvalue weighted by molar-refractivity contribution is 8.00. The van der Waals surface area contributed by atoms with E-state index < -0.39 is 5.60 Å². The summed E-state index contributed by atoms with van der Waals surface area (Å²) in [6.45, 7) is 7.69. The maximum Gasteiger partial charge on any atom is 0.407 e. The predicted octanol–water partition coefficient (Wildman–Crippen LogP) is 1.64. The zero-order valence-corrected chi connectivity index (χ0v) is 10.4. The molecule has 5 heteroatoms. The molecule has 0 spiro atoms. The molecular weight excluding hydrogens is 214 g/mol. The van der Waals surface area contributed by atoms with Crippen molar-refractivity contribution >= 4 is 17.9 Å². The Morgan fingerprint density at radius 3 is 2.87 bits per heavy atom. The fourth-order valence-corrected chi connectivity index (χ4v) is 2.11. The Labute approximate surface area is 95.1 Å². The van der Waals surface area contributed by atoms with Crippen molar-refractivity contribution in [2.45, 2.75) is 31.6 Å². The molecule has 0 aromatic rings. The summed E-state index contributed by atoms with van der Waals surface area (Å²) >= 11 is 1.83. The number of ether oxygens (including phenoxy) is 2. The summed E-state index contributed by atoms with van der Waals surface area (Å²) in [6.07, 6.45) is -0.353. The van der Waals surface area contributed by atoms with Gasteiger partial charge in [0, 0.05) is 17.5 Å². The number of hydrogen-bond donors (Lipinski definition) is 1. The standard InChI is InChI=1S/C10H19NO3S/c1-10(2,3)14-9(12)11-6-8-7-13-4-5-15-8/h8H,4-7H2,1-3H3,(H,11,12). The van der Waals surface area contributed by atoms with Crippen molar-refractivity contribution in [1.29, 1.82) is 0 Å². The molecule has 1 N–H and O–H groups in total. The molecule has 15 heavy (non-hydrogen) atoms. The Morgan fingerprint density at radius 2 is 2.33 bits per heavy atom.